The molecule has 0 radical (unpaired) electrons. The van der Waals surface area contributed by atoms with Crippen molar-refractivity contribution in [2.75, 3.05) is 24.6 Å². The third-order valence-corrected chi connectivity index (χ3v) is 6.62. The summed E-state index contributed by atoms with van der Waals surface area (Å²) in [5.41, 5.74) is 1.42. The number of nitrogens with zero attached hydrogens (tertiary/aromatic N) is 2. The largest absolute Gasteiger partial charge is 0.316 e. The molecule has 1 atom stereocenters. The van der Waals surface area contributed by atoms with Crippen LogP contribution < -0.4 is 5.32 Å². The summed E-state index contributed by atoms with van der Waals surface area (Å²) in [5.74, 6) is 1.11. The van der Waals surface area contributed by atoms with Gasteiger partial charge in [-0.1, -0.05) is 0 Å². The highest BCUT2D eigenvalue weighted by Gasteiger charge is 2.47. The van der Waals surface area contributed by atoms with Gasteiger partial charge in [-0.05, 0) is 36.7 Å². The first-order valence-corrected chi connectivity index (χ1v) is 8.71. The molecule has 3 rings (SSSR count). The van der Waals surface area contributed by atoms with Crippen LogP contribution in [0, 0.1) is 11.3 Å². The van der Waals surface area contributed by atoms with Crippen molar-refractivity contribution in [3.63, 3.8) is 0 Å². The van der Waals surface area contributed by atoms with Gasteiger partial charge in [-0.3, -0.25) is 4.68 Å². The highest BCUT2D eigenvalue weighted by Crippen LogP contribution is 2.42. The fraction of sp³-hybridized carbons (Fsp3) is 0.769. The Morgan fingerprint density at radius 2 is 2.32 bits per heavy atom. The van der Waals surface area contributed by atoms with Crippen LogP contribution in [-0.2, 0) is 23.3 Å². The van der Waals surface area contributed by atoms with Crippen LogP contribution in [0.1, 0.15) is 18.5 Å². The normalized spacial score (nSPS) is 28.2. The van der Waals surface area contributed by atoms with Crippen molar-refractivity contribution < 1.29 is 8.42 Å². The first kappa shape index (κ1) is 13.1. The van der Waals surface area contributed by atoms with Crippen molar-refractivity contribution in [1.29, 1.82) is 0 Å². The Kier molecular flexibility index (Phi) is 3.17. The molecule has 5 nitrogen and oxygen atoms in total. The second kappa shape index (κ2) is 4.59. The topological polar surface area (TPSA) is 64.0 Å². The van der Waals surface area contributed by atoms with Gasteiger partial charge in [0, 0.05) is 32.0 Å². The van der Waals surface area contributed by atoms with Crippen molar-refractivity contribution in [2.45, 2.75) is 19.3 Å². The van der Waals surface area contributed by atoms with Crippen LogP contribution in [0.2, 0.25) is 0 Å². The first-order chi connectivity index (χ1) is 9.01. The number of nitrogens with one attached hydrogen (secondary N) is 1. The highest BCUT2D eigenvalue weighted by molar-refractivity contribution is 7.91. The molecular formula is C13H21N3O2S. The summed E-state index contributed by atoms with van der Waals surface area (Å²) >= 11 is 0. The van der Waals surface area contributed by atoms with Crippen molar-refractivity contribution in [2.24, 2.45) is 18.4 Å². The minimum absolute atomic E-state index is 0.188. The molecule has 6 heteroatoms. The number of hydrogen-bond acceptors (Lipinski definition) is 4. The van der Waals surface area contributed by atoms with E-state index in [9.17, 15) is 8.42 Å². The Labute approximate surface area is 114 Å². The molecule has 106 valence electrons. The van der Waals surface area contributed by atoms with Gasteiger partial charge in [-0.2, -0.15) is 5.10 Å². The lowest BCUT2D eigenvalue weighted by Gasteiger charge is -2.47. The summed E-state index contributed by atoms with van der Waals surface area (Å²) in [7, 11) is -0.821. The van der Waals surface area contributed by atoms with Gasteiger partial charge in [0.15, 0.2) is 9.84 Å². The second-order valence-corrected chi connectivity index (χ2v) is 8.24. The van der Waals surface area contributed by atoms with Crippen molar-refractivity contribution >= 4 is 9.84 Å². The summed E-state index contributed by atoms with van der Waals surface area (Å²) in [6, 6.07) is 2.05. The molecule has 2 aliphatic heterocycles. The minimum atomic E-state index is -2.78. The van der Waals surface area contributed by atoms with Crippen LogP contribution in [0.15, 0.2) is 12.3 Å². The van der Waals surface area contributed by atoms with E-state index in [2.05, 4.69) is 10.4 Å². The van der Waals surface area contributed by atoms with Crippen molar-refractivity contribution in [1.82, 2.24) is 15.1 Å². The molecule has 1 aromatic heterocycles. The highest BCUT2D eigenvalue weighted by atomic mass is 32.2. The van der Waals surface area contributed by atoms with Gasteiger partial charge in [0.05, 0.1) is 11.5 Å². The Morgan fingerprint density at radius 1 is 1.53 bits per heavy atom. The third kappa shape index (κ3) is 2.43. The molecule has 0 spiro atoms. The molecule has 1 unspecified atom stereocenters. The van der Waals surface area contributed by atoms with Crippen molar-refractivity contribution in [3.8, 4) is 0 Å². The SMILES string of the molecule is Cn1nccc1CCC1(C2CCS(=O)(=O)C2)CNC1. The third-order valence-electron chi connectivity index (χ3n) is 4.85. The molecule has 0 aliphatic carbocycles. The fourth-order valence-corrected chi connectivity index (χ4v) is 5.36. The van der Waals surface area contributed by atoms with E-state index < -0.39 is 9.84 Å². The summed E-state index contributed by atoms with van der Waals surface area (Å²) in [5, 5.41) is 7.52. The number of sulfone groups is 1. The van der Waals surface area contributed by atoms with E-state index in [0.717, 1.165) is 32.4 Å². The smallest absolute Gasteiger partial charge is 0.150 e. The molecule has 2 saturated heterocycles. The zero-order chi connectivity index (χ0) is 13.5. The lowest BCUT2D eigenvalue weighted by Crippen LogP contribution is -2.58. The van der Waals surface area contributed by atoms with E-state index in [1.165, 1.54) is 5.69 Å². The molecular weight excluding hydrogens is 262 g/mol. The van der Waals surface area contributed by atoms with E-state index in [4.69, 9.17) is 0 Å². The maximum absolute atomic E-state index is 11.7. The zero-order valence-electron chi connectivity index (χ0n) is 11.3. The minimum Gasteiger partial charge on any atom is -0.316 e. The van der Waals surface area contributed by atoms with Gasteiger partial charge < -0.3 is 5.32 Å². The van der Waals surface area contributed by atoms with Crippen LogP contribution in [0.3, 0.4) is 0 Å². The summed E-state index contributed by atoms with van der Waals surface area (Å²) in [6.07, 6.45) is 4.70. The van der Waals surface area contributed by atoms with Crippen LogP contribution in [-0.4, -0.2) is 42.8 Å². The molecule has 0 aromatic carbocycles. The van der Waals surface area contributed by atoms with Gasteiger partial charge >= 0.3 is 0 Å². The number of hydrogen-bond donors (Lipinski definition) is 1. The van der Waals surface area contributed by atoms with E-state index >= 15 is 0 Å². The summed E-state index contributed by atoms with van der Waals surface area (Å²) in [6.45, 7) is 1.93. The van der Waals surface area contributed by atoms with Crippen LogP contribution in [0.4, 0.5) is 0 Å². The van der Waals surface area contributed by atoms with Gasteiger partial charge in [0.1, 0.15) is 0 Å². The second-order valence-electron chi connectivity index (χ2n) is 6.01. The summed E-state index contributed by atoms with van der Waals surface area (Å²) in [4.78, 5) is 0. The van der Waals surface area contributed by atoms with E-state index in [1.54, 1.807) is 0 Å². The van der Waals surface area contributed by atoms with Crippen LogP contribution in [0.5, 0.6) is 0 Å². The monoisotopic (exact) mass is 283 g/mol. The number of aromatic nitrogens is 2. The Balaban J connectivity index is 1.69. The molecule has 0 amide bonds. The lowest BCUT2D eigenvalue weighted by atomic mass is 9.67. The molecule has 0 bridgehead atoms. The quantitative estimate of drug-likeness (QED) is 0.867. The van der Waals surface area contributed by atoms with E-state index in [1.807, 2.05) is 24.0 Å². The molecule has 2 fully saturated rings. The van der Waals surface area contributed by atoms with Gasteiger partial charge in [-0.25, -0.2) is 8.42 Å². The number of rotatable bonds is 4. The molecule has 1 N–H and O–H groups in total. The lowest BCUT2D eigenvalue weighted by molar-refractivity contribution is 0.0805. The zero-order valence-corrected chi connectivity index (χ0v) is 12.1. The van der Waals surface area contributed by atoms with Gasteiger partial charge in [0.25, 0.3) is 0 Å². The Hall–Kier alpha value is -0.880. The predicted octanol–water partition coefficient (Wildman–Crippen LogP) is 0.377. The molecule has 0 saturated carbocycles. The number of aryl methyl sites for hydroxylation is 2. The Morgan fingerprint density at radius 3 is 2.79 bits per heavy atom. The van der Waals surface area contributed by atoms with E-state index in [0.29, 0.717) is 17.4 Å². The first-order valence-electron chi connectivity index (χ1n) is 6.89. The standard InChI is InChI=1S/C13H21N3O2S/c1-16-12(3-6-15-16)2-5-13(9-14-10-13)11-4-7-19(17,18)8-11/h3,6,11,14H,2,4-5,7-10H2,1H3. The van der Waals surface area contributed by atoms with Crippen LogP contribution >= 0.6 is 0 Å². The molecule has 3 heterocycles. The maximum Gasteiger partial charge on any atom is 0.150 e. The maximum atomic E-state index is 11.7. The molecule has 1 aromatic rings. The van der Waals surface area contributed by atoms with Crippen molar-refractivity contribution in [3.05, 3.63) is 18.0 Å². The van der Waals surface area contributed by atoms with Crippen LogP contribution in [0.25, 0.3) is 0 Å². The Bertz CT molecular complexity index is 560. The van der Waals surface area contributed by atoms with Gasteiger partial charge in [0.2, 0.25) is 0 Å². The van der Waals surface area contributed by atoms with E-state index in [-0.39, 0.29) is 5.41 Å². The molecule has 19 heavy (non-hydrogen) atoms. The summed E-state index contributed by atoms with van der Waals surface area (Å²) < 4.78 is 25.3. The molecule has 2 aliphatic rings. The average Bonchev–Trinajstić information content (AvgIpc) is 2.84. The fourth-order valence-electron chi connectivity index (χ4n) is 3.42. The van der Waals surface area contributed by atoms with Gasteiger partial charge in [-0.15, -0.1) is 0 Å². The average molecular weight is 283 g/mol. The predicted molar refractivity (Wildman–Crippen MR) is 73.6 cm³/mol.